The Morgan fingerprint density at radius 3 is 2.40 bits per heavy atom. The second-order valence-corrected chi connectivity index (χ2v) is 8.17. The van der Waals surface area contributed by atoms with Crippen molar-refractivity contribution in [3.8, 4) is 11.1 Å². The van der Waals surface area contributed by atoms with Crippen molar-refractivity contribution in [3.05, 3.63) is 52.7 Å². The Morgan fingerprint density at radius 1 is 1.17 bits per heavy atom. The lowest BCUT2D eigenvalue weighted by Gasteiger charge is -2.24. The highest BCUT2D eigenvalue weighted by molar-refractivity contribution is 7.17. The Morgan fingerprint density at radius 2 is 1.80 bits per heavy atom. The van der Waals surface area contributed by atoms with Gasteiger partial charge in [-0.25, -0.2) is 9.18 Å². The maximum atomic E-state index is 13.4. The molecule has 1 amide bonds. The lowest BCUT2D eigenvalue weighted by Crippen LogP contribution is -2.34. The second-order valence-electron chi connectivity index (χ2n) is 6.95. The summed E-state index contributed by atoms with van der Waals surface area (Å²) in [6.07, 6.45) is 4.14. The summed E-state index contributed by atoms with van der Waals surface area (Å²) in [7, 11) is 0. The number of aryl methyl sites for hydroxylation is 1. The average molecular weight is 431 g/mol. The number of amides is 1. The van der Waals surface area contributed by atoms with E-state index in [1.54, 1.807) is 38.1 Å². The van der Waals surface area contributed by atoms with Gasteiger partial charge in [-0.15, -0.1) is 11.3 Å². The normalized spacial score (nSPS) is 18.1. The van der Waals surface area contributed by atoms with Crippen molar-refractivity contribution >= 4 is 34.2 Å². The number of thiophene rings is 1. The molecule has 1 aromatic carbocycles. The predicted molar refractivity (Wildman–Crippen MR) is 112 cm³/mol. The van der Waals surface area contributed by atoms with E-state index in [2.05, 4.69) is 5.32 Å². The number of nitrogens with one attached hydrogen (secondary N) is 1. The van der Waals surface area contributed by atoms with Crippen LogP contribution in [0.15, 0.2) is 36.4 Å². The van der Waals surface area contributed by atoms with Gasteiger partial charge in [0, 0.05) is 10.4 Å². The lowest BCUT2D eigenvalue weighted by molar-refractivity contribution is -0.146. The number of anilines is 1. The maximum absolute atomic E-state index is 13.4. The van der Waals surface area contributed by atoms with Crippen LogP contribution in [-0.4, -0.2) is 29.6 Å². The quantitative estimate of drug-likeness (QED) is 0.513. The number of carbonyl (C=O) groups excluding carboxylic acids is 2. The fraction of sp³-hybridized carbons (Fsp3) is 0.318. The first-order chi connectivity index (χ1) is 14.3. The van der Waals surface area contributed by atoms with E-state index in [1.165, 1.54) is 23.5 Å². The van der Waals surface area contributed by atoms with Crippen LogP contribution in [0.4, 0.5) is 9.39 Å². The molecule has 0 aliphatic heterocycles. The van der Waals surface area contributed by atoms with E-state index in [-0.39, 0.29) is 18.6 Å². The summed E-state index contributed by atoms with van der Waals surface area (Å²) in [6.45, 7) is 3.63. The zero-order chi connectivity index (χ0) is 21.8. The summed E-state index contributed by atoms with van der Waals surface area (Å²) in [5.41, 5.74) is 1.38. The van der Waals surface area contributed by atoms with Crippen molar-refractivity contribution in [2.24, 2.45) is 11.8 Å². The van der Waals surface area contributed by atoms with Gasteiger partial charge in [0.1, 0.15) is 16.4 Å². The summed E-state index contributed by atoms with van der Waals surface area (Å²) < 4.78 is 18.6. The summed E-state index contributed by atoms with van der Waals surface area (Å²) in [6, 6.07) is 5.72. The van der Waals surface area contributed by atoms with Crippen LogP contribution in [0.25, 0.3) is 11.1 Å². The van der Waals surface area contributed by atoms with Gasteiger partial charge in [0.25, 0.3) is 0 Å². The molecule has 0 spiro atoms. The molecule has 2 N–H and O–H groups in total. The van der Waals surface area contributed by atoms with Crippen molar-refractivity contribution in [1.82, 2.24) is 0 Å². The Labute approximate surface area is 177 Å². The number of hydrogen-bond donors (Lipinski definition) is 2. The smallest absolute Gasteiger partial charge is 0.341 e. The van der Waals surface area contributed by atoms with E-state index < -0.39 is 35.5 Å². The largest absolute Gasteiger partial charge is 0.481 e. The number of aliphatic carboxylic acids is 1. The minimum atomic E-state index is -1.03. The molecule has 0 fully saturated rings. The van der Waals surface area contributed by atoms with Crippen LogP contribution in [0, 0.1) is 24.6 Å². The first-order valence-corrected chi connectivity index (χ1v) is 10.4. The highest BCUT2D eigenvalue weighted by Crippen LogP contribution is 2.41. The van der Waals surface area contributed by atoms with Gasteiger partial charge in [-0.2, -0.15) is 0 Å². The van der Waals surface area contributed by atoms with E-state index in [9.17, 15) is 23.9 Å². The molecule has 8 heteroatoms. The molecule has 1 aliphatic rings. The third kappa shape index (κ3) is 4.43. The Balaban J connectivity index is 2.00. The predicted octanol–water partition coefficient (Wildman–Crippen LogP) is 4.64. The van der Waals surface area contributed by atoms with Gasteiger partial charge < -0.3 is 15.2 Å². The summed E-state index contributed by atoms with van der Waals surface area (Å²) >= 11 is 1.20. The van der Waals surface area contributed by atoms with Crippen LogP contribution in [0.2, 0.25) is 0 Å². The monoisotopic (exact) mass is 431 g/mol. The van der Waals surface area contributed by atoms with Crippen molar-refractivity contribution in [3.63, 3.8) is 0 Å². The number of rotatable bonds is 6. The first-order valence-electron chi connectivity index (χ1n) is 9.58. The van der Waals surface area contributed by atoms with Crippen molar-refractivity contribution in [1.29, 1.82) is 0 Å². The molecule has 0 bridgehead atoms. The van der Waals surface area contributed by atoms with Crippen LogP contribution in [0.1, 0.15) is 35.0 Å². The summed E-state index contributed by atoms with van der Waals surface area (Å²) in [4.78, 5) is 37.9. The van der Waals surface area contributed by atoms with E-state index in [1.807, 2.05) is 0 Å². The van der Waals surface area contributed by atoms with Crippen molar-refractivity contribution in [2.45, 2.75) is 26.7 Å². The number of carboxylic acid groups (broad SMARTS) is 1. The Kier molecular flexibility index (Phi) is 6.66. The van der Waals surface area contributed by atoms with Crippen LogP contribution in [0.5, 0.6) is 0 Å². The molecule has 1 heterocycles. The zero-order valence-electron chi connectivity index (χ0n) is 16.6. The van der Waals surface area contributed by atoms with Crippen LogP contribution < -0.4 is 5.32 Å². The van der Waals surface area contributed by atoms with Crippen LogP contribution in [-0.2, 0) is 14.3 Å². The molecule has 0 saturated heterocycles. The van der Waals surface area contributed by atoms with E-state index in [4.69, 9.17) is 4.74 Å². The third-order valence-electron chi connectivity index (χ3n) is 5.02. The third-order valence-corrected chi connectivity index (χ3v) is 6.04. The molecule has 6 nitrogen and oxygen atoms in total. The molecule has 0 radical (unpaired) electrons. The van der Waals surface area contributed by atoms with Gasteiger partial charge >= 0.3 is 11.9 Å². The summed E-state index contributed by atoms with van der Waals surface area (Å²) in [5, 5.41) is 12.5. The fourth-order valence-electron chi connectivity index (χ4n) is 3.58. The van der Waals surface area contributed by atoms with Crippen LogP contribution in [0.3, 0.4) is 0 Å². The van der Waals surface area contributed by atoms with Gasteiger partial charge in [0.15, 0.2) is 0 Å². The Hall–Kier alpha value is -3.00. The number of esters is 1. The number of benzene rings is 1. The minimum Gasteiger partial charge on any atom is -0.481 e. The molecule has 0 unspecified atom stereocenters. The first kappa shape index (κ1) is 21.7. The average Bonchev–Trinajstić information content (AvgIpc) is 3.04. The molecule has 30 heavy (non-hydrogen) atoms. The molecular weight excluding hydrogens is 409 g/mol. The van der Waals surface area contributed by atoms with Gasteiger partial charge in [0.2, 0.25) is 5.91 Å². The zero-order valence-corrected chi connectivity index (χ0v) is 17.4. The fourth-order valence-corrected chi connectivity index (χ4v) is 4.64. The highest BCUT2D eigenvalue weighted by Gasteiger charge is 2.35. The van der Waals surface area contributed by atoms with Gasteiger partial charge in [0.05, 0.1) is 18.4 Å². The van der Waals surface area contributed by atoms with Crippen LogP contribution >= 0.6 is 11.3 Å². The molecule has 2 aromatic rings. The van der Waals surface area contributed by atoms with E-state index in [0.29, 0.717) is 22.5 Å². The number of allylic oxidation sites excluding steroid dienone is 2. The molecule has 1 aromatic heterocycles. The summed E-state index contributed by atoms with van der Waals surface area (Å²) in [5.74, 6) is -4.04. The van der Waals surface area contributed by atoms with Crippen molar-refractivity contribution in [2.75, 3.05) is 11.9 Å². The van der Waals surface area contributed by atoms with Gasteiger partial charge in [-0.3, -0.25) is 9.59 Å². The standard InChI is InChI=1S/C22H22FNO5S/c1-3-29-22(28)18-17(13-8-10-14(23)11-9-13)12(2)30-20(18)24-19(25)15-6-4-5-7-16(15)21(26)27/h4-5,8-11,15-16H,3,6-7H2,1-2H3,(H,24,25)(H,26,27)/t15-,16-/m0/s1. The van der Waals surface area contributed by atoms with E-state index in [0.717, 1.165) is 4.88 Å². The molecule has 3 rings (SSSR count). The van der Waals surface area contributed by atoms with Crippen molar-refractivity contribution < 1.29 is 28.6 Å². The number of ether oxygens (including phenoxy) is 1. The molecule has 2 atom stereocenters. The maximum Gasteiger partial charge on any atom is 0.341 e. The second kappa shape index (κ2) is 9.21. The Bertz CT molecular complexity index is 996. The van der Waals surface area contributed by atoms with E-state index >= 15 is 0 Å². The number of hydrogen-bond acceptors (Lipinski definition) is 5. The van der Waals surface area contributed by atoms with Gasteiger partial charge in [-0.05, 0) is 44.4 Å². The topological polar surface area (TPSA) is 92.7 Å². The molecular formula is C22H22FNO5S. The molecule has 158 valence electrons. The van der Waals surface area contributed by atoms with Gasteiger partial charge in [-0.1, -0.05) is 24.3 Å². The highest BCUT2D eigenvalue weighted by atomic mass is 32.1. The molecule has 0 saturated carbocycles. The minimum absolute atomic E-state index is 0.151. The molecule has 1 aliphatic carbocycles. The number of halogens is 1. The number of carboxylic acids is 1. The SMILES string of the molecule is CCOC(=O)c1c(NC(=O)[C@H]2CC=CC[C@@H]2C(=O)O)sc(C)c1-c1ccc(F)cc1. The number of carbonyl (C=O) groups is 3. The lowest BCUT2D eigenvalue weighted by atomic mass is 9.82.